The average Bonchev–Trinajstić information content (AvgIpc) is 2.55. The van der Waals surface area contributed by atoms with Crippen LogP contribution < -0.4 is 9.47 Å². The topological polar surface area (TPSA) is 62.5 Å². The molecule has 24 heavy (non-hydrogen) atoms. The molecule has 1 heterocycles. The summed E-state index contributed by atoms with van der Waals surface area (Å²) in [7, 11) is 0. The van der Waals surface area contributed by atoms with Gasteiger partial charge in [-0.3, -0.25) is 0 Å². The first-order chi connectivity index (χ1) is 11.5. The van der Waals surface area contributed by atoms with E-state index in [4.69, 9.17) is 21.1 Å². The third kappa shape index (κ3) is 4.74. The molecule has 2 rings (SSSR count). The van der Waals surface area contributed by atoms with E-state index >= 15 is 0 Å². The molecule has 0 aliphatic rings. The molecule has 1 unspecified atom stereocenters. The Labute approximate surface area is 146 Å². The zero-order chi connectivity index (χ0) is 17.5. The number of hydrogen-bond acceptors (Lipinski definition) is 4. The van der Waals surface area contributed by atoms with E-state index in [0.717, 1.165) is 25.7 Å². The molecular weight excluding hydrogens is 330 g/mol. The molecule has 0 spiro atoms. The number of halogens is 1. The molecule has 2 aromatic rings. The Morgan fingerprint density at radius 2 is 2.12 bits per heavy atom. The Bertz CT molecular complexity index is 705. The Morgan fingerprint density at radius 3 is 2.88 bits per heavy atom. The van der Waals surface area contributed by atoms with Crippen LogP contribution in [0.3, 0.4) is 0 Å². The molecule has 1 atom stereocenters. The number of benzene rings is 1. The van der Waals surface area contributed by atoms with Crippen molar-refractivity contribution in [1.29, 1.82) is 0 Å². The fraction of sp³-hybridized carbons (Fsp3) is 0.444. The van der Waals surface area contributed by atoms with Crippen LogP contribution in [0, 0.1) is 5.21 Å². The number of carbonyl (C=O) groups is 1. The van der Waals surface area contributed by atoms with Crippen molar-refractivity contribution < 1.29 is 19.0 Å². The van der Waals surface area contributed by atoms with Crippen molar-refractivity contribution in [1.82, 2.24) is 0 Å². The van der Waals surface area contributed by atoms with Crippen LogP contribution in [0.1, 0.15) is 39.5 Å². The molecule has 5 nitrogen and oxygen atoms in total. The van der Waals surface area contributed by atoms with Gasteiger partial charge < -0.3 is 14.7 Å². The Hall–Kier alpha value is -2.01. The van der Waals surface area contributed by atoms with Crippen LogP contribution in [0.2, 0.25) is 5.02 Å². The number of esters is 1. The van der Waals surface area contributed by atoms with E-state index in [2.05, 4.69) is 6.92 Å². The van der Waals surface area contributed by atoms with E-state index < -0.39 is 5.97 Å². The predicted octanol–water partition coefficient (Wildman–Crippen LogP) is 4.02. The molecule has 1 aromatic heterocycles. The second-order valence-electron chi connectivity index (χ2n) is 5.73. The normalized spacial score (nSPS) is 12.1. The van der Waals surface area contributed by atoms with Gasteiger partial charge in [-0.15, -0.1) is 0 Å². The van der Waals surface area contributed by atoms with Gasteiger partial charge in [0.05, 0.1) is 16.5 Å². The van der Waals surface area contributed by atoms with Gasteiger partial charge in [0.2, 0.25) is 0 Å². The third-order valence-electron chi connectivity index (χ3n) is 3.72. The van der Waals surface area contributed by atoms with Crippen LogP contribution in [-0.2, 0) is 9.53 Å². The summed E-state index contributed by atoms with van der Waals surface area (Å²) >= 11 is 6.09. The molecule has 0 N–H and O–H groups in total. The summed E-state index contributed by atoms with van der Waals surface area (Å²) in [6, 6.07) is 6.55. The molecule has 0 aliphatic heterocycles. The number of hydrogen-bond donors (Lipinski definition) is 0. The molecule has 6 heteroatoms. The zero-order valence-electron chi connectivity index (χ0n) is 14.0. The lowest BCUT2D eigenvalue weighted by Gasteiger charge is -2.14. The Morgan fingerprint density at radius 1 is 1.33 bits per heavy atom. The molecule has 0 fully saturated rings. The monoisotopic (exact) mass is 351 g/mol. The summed E-state index contributed by atoms with van der Waals surface area (Å²) in [4.78, 5) is 11.9. The van der Waals surface area contributed by atoms with Crippen molar-refractivity contribution in [3.63, 3.8) is 0 Å². The number of rotatable bonds is 8. The van der Waals surface area contributed by atoms with Crippen molar-refractivity contribution in [2.24, 2.45) is 0 Å². The van der Waals surface area contributed by atoms with Crippen molar-refractivity contribution in [3.8, 4) is 5.75 Å². The number of unbranched alkanes of at least 4 members (excludes halogenated alkanes) is 2. The first-order valence-electron chi connectivity index (χ1n) is 8.15. The minimum atomic E-state index is -0.449. The predicted molar refractivity (Wildman–Crippen MR) is 93.1 cm³/mol. The standard InChI is InChI=1S/C18H22ClNO4/c1-3-4-5-7-13(2)24-17(21)12-23-16-10-9-15(19)14-8-6-11-20(22)18(14)16/h6,8-11,13H,3-5,7,12H2,1-2H3. The van der Waals surface area contributed by atoms with Gasteiger partial charge in [0, 0.05) is 6.07 Å². The summed E-state index contributed by atoms with van der Waals surface area (Å²) in [6.45, 7) is 3.75. The van der Waals surface area contributed by atoms with E-state index in [1.165, 1.54) is 6.20 Å². The maximum absolute atomic E-state index is 12.0. The van der Waals surface area contributed by atoms with Gasteiger partial charge in [-0.05, 0) is 38.0 Å². The second kappa shape index (κ2) is 8.73. The number of aromatic nitrogens is 1. The van der Waals surface area contributed by atoms with Crippen LogP contribution in [0.15, 0.2) is 30.5 Å². The molecule has 0 aliphatic carbocycles. The highest BCUT2D eigenvalue weighted by atomic mass is 35.5. The molecule has 0 saturated carbocycles. The molecule has 0 bridgehead atoms. The number of pyridine rings is 1. The highest BCUT2D eigenvalue weighted by Gasteiger charge is 2.16. The van der Waals surface area contributed by atoms with Crippen molar-refractivity contribution in [3.05, 3.63) is 40.7 Å². The van der Waals surface area contributed by atoms with E-state index in [9.17, 15) is 10.0 Å². The lowest BCUT2D eigenvalue weighted by molar-refractivity contribution is -0.577. The maximum atomic E-state index is 12.0. The molecule has 0 saturated heterocycles. The number of ether oxygens (including phenoxy) is 2. The fourth-order valence-corrected chi connectivity index (χ4v) is 2.71. The largest absolute Gasteiger partial charge is 0.618 e. The fourth-order valence-electron chi connectivity index (χ4n) is 2.49. The lowest BCUT2D eigenvalue weighted by atomic mass is 10.1. The van der Waals surface area contributed by atoms with Gasteiger partial charge in [0.1, 0.15) is 0 Å². The Balaban J connectivity index is 1.98. The van der Waals surface area contributed by atoms with Gasteiger partial charge in [0.15, 0.2) is 18.6 Å². The van der Waals surface area contributed by atoms with Crippen molar-refractivity contribution >= 4 is 28.5 Å². The summed E-state index contributed by atoms with van der Waals surface area (Å²) in [5.41, 5.74) is 0.300. The second-order valence-corrected chi connectivity index (χ2v) is 6.13. The van der Waals surface area contributed by atoms with Gasteiger partial charge in [-0.25, -0.2) is 4.79 Å². The van der Waals surface area contributed by atoms with Gasteiger partial charge >= 0.3 is 5.97 Å². The van der Waals surface area contributed by atoms with E-state index in [1.54, 1.807) is 24.3 Å². The van der Waals surface area contributed by atoms with Crippen LogP contribution in [0.25, 0.3) is 10.9 Å². The van der Waals surface area contributed by atoms with Gasteiger partial charge in [-0.1, -0.05) is 31.4 Å². The summed E-state index contributed by atoms with van der Waals surface area (Å²) in [6.07, 6.45) is 5.34. The van der Waals surface area contributed by atoms with Crippen molar-refractivity contribution in [2.45, 2.75) is 45.6 Å². The smallest absolute Gasteiger partial charge is 0.344 e. The van der Waals surface area contributed by atoms with Crippen molar-refractivity contribution in [2.75, 3.05) is 6.61 Å². The average molecular weight is 352 g/mol. The van der Waals surface area contributed by atoms with E-state index in [0.29, 0.717) is 26.4 Å². The van der Waals surface area contributed by atoms with Crippen LogP contribution in [-0.4, -0.2) is 18.7 Å². The first kappa shape index (κ1) is 18.3. The highest BCUT2D eigenvalue weighted by Crippen LogP contribution is 2.28. The summed E-state index contributed by atoms with van der Waals surface area (Å²) < 4.78 is 11.5. The number of carbonyl (C=O) groups excluding carboxylic acids is 1. The Kier molecular flexibility index (Phi) is 6.67. The minimum Gasteiger partial charge on any atom is -0.618 e. The zero-order valence-corrected chi connectivity index (χ0v) is 14.7. The lowest BCUT2D eigenvalue weighted by Crippen LogP contribution is -2.27. The summed E-state index contributed by atoms with van der Waals surface area (Å²) in [5, 5.41) is 13.0. The van der Waals surface area contributed by atoms with E-state index in [1.807, 2.05) is 6.92 Å². The highest BCUT2D eigenvalue weighted by molar-refractivity contribution is 6.35. The first-order valence-corrected chi connectivity index (χ1v) is 8.53. The van der Waals surface area contributed by atoms with Crippen LogP contribution >= 0.6 is 11.6 Å². The van der Waals surface area contributed by atoms with Crippen LogP contribution in [0.5, 0.6) is 5.75 Å². The SMILES string of the molecule is CCCCCC(C)OC(=O)COc1ccc(Cl)c2ccc[n+]([O-])c12. The third-order valence-corrected chi connectivity index (χ3v) is 4.05. The van der Waals surface area contributed by atoms with Crippen LogP contribution in [0.4, 0.5) is 0 Å². The minimum absolute atomic E-state index is 0.140. The van der Waals surface area contributed by atoms with E-state index in [-0.39, 0.29) is 12.7 Å². The van der Waals surface area contributed by atoms with Gasteiger partial charge in [-0.2, -0.15) is 4.73 Å². The number of fused-ring (bicyclic) bond motifs is 1. The molecular formula is C18H22ClNO4. The molecule has 0 radical (unpaired) electrons. The quantitative estimate of drug-likeness (QED) is 0.312. The molecule has 1 aromatic carbocycles. The summed E-state index contributed by atoms with van der Waals surface area (Å²) in [5.74, 6) is -0.143. The molecule has 0 amide bonds. The maximum Gasteiger partial charge on any atom is 0.344 e. The van der Waals surface area contributed by atoms with Gasteiger partial charge in [0.25, 0.3) is 5.52 Å². The number of nitrogens with zero attached hydrogens (tertiary/aromatic N) is 1. The molecule has 130 valence electrons.